The van der Waals surface area contributed by atoms with Crippen molar-refractivity contribution in [3.63, 3.8) is 0 Å². The van der Waals surface area contributed by atoms with Gasteiger partial charge in [-0.25, -0.2) is 4.79 Å². The van der Waals surface area contributed by atoms with Crippen LogP contribution in [0.2, 0.25) is 0 Å². The fraction of sp³-hybridized carbons (Fsp3) is 0.700. The monoisotopic (exact) mass is 229 g/mol. The second kappa shape index (κ2) is 5.48. The number of carbonyl (C=O) groups is 3. The Balaban J connectivity index is 2.37. The van der Waals surface area contributed by atoms with E-state index in [1.54, 1.807) is 0 Å². The van der Waals surface area contributed by atoms with Crippen LogP contribution < -0.4 is 5.32 Å². The van der Waals surface area contributed by atoms with Crippen LogP contribution in [-0.2, 0) is 19.1 Å². The molecule has 1 aliphatic carbocycles. The van der Waals surface area contributed by atoms with Gasteiger partial charge in [-0.3, -0.25) is 9.59 Å². The van der Waals surface area contributed by atoms with Crippen molar-refractivity contribution in [2.75, 3.05) is 7.11 Å². The summed E-state index contributed by atoms with van der Waals surface area (Å²) in [6.45, 7) is 0. The summed E-state index contributed by atoms with van der Waals surface area (Å²) in [6, 6.07) is -1.01. The molecule has 0 aromatic rings. The van der Waals surface area contributed by atoms with Gasteiger partial charge in [0.15, 0.2) is 0 Å². The Morgan fingerprint density at radius 1 is 1.44 bits per heavy atom. The molecule has 0 unspecified atom stereocenters. The fourth-order valence-corrected chi connectivity index (χ4v) is 1.26. The predicted octanol–water partition coefficient (Wildman–Crippen LogP) is -0.0810. The van der Waals surface area contributed by atoms with Crippen LogP contribution in [0.15, 0.2) is 0 Å². The number of ether oxygens (including phenoxy) is 1. The van der Waals surface area contributed by atoms with Crippen molar-refractivity contribution in [2.24, 2.45) is 5.92 Å². The van der Waals surface area contributed by atoms with Gasteiger partial charge in [0.05, 0.1) is 7.11 Å². The molecular formula is C10H15NO5. The minimum absolute atomic E-state index is 0.0155. The highest BCUT2D eigenvalue weighted by molar-refractivity contribution is 5.86. The summed E-state index contributed by atoms with van der Waals surface area (Å²) in [5.41, 5.74) is 0. The highest BCUT2D eigenvalue weighted by Gasteiger charge is 2.32. The third-order valence-electron chi connectivity index (χ3n) is 2.43. The highest BCUT2D eigenvalue weighted by Crippen LogP contribution is 2.29. The van der Waals surface area contributed by atoms with E-state index >= 15 is 0 Å². The number of carbonyl (C=O) groups excluding carboxylic acids is 2. The first-order valence-corrected chi connectivity index (χ1v) is 5.14. The number of carboxylic acids is 1. The molecule has 16 heavy (non-hydrogen) atoms. The minimum Gasteiger partial charge on any atom is -0.480 e. The standard InChI is InChI=1S/C10H15NO5/c1-16-8(12)5-4-7(10(14)15)11-9(13)6-2-3-6/h6-7H,2-5H2,1H3,(H,11,13)(H,14,15)/t7-/m0/s1. The number of esters is 1. The van der Waals surface area contributed by atoms with Crippen molar-refractivity contribution in [1.29, 1.82) is 0 Å². The molecule has 90 valence electrons. The summed E-state index contributed by atoms with van der Waals surface area (Å²) in [4.78, 5) is 33.0. The SMILES string of the molecule is COC(=O)CC[C@H](NC(=O)C1CC1)C(=O)O. The molecule has 0 aromatic heterocycles. The number of hydrogen-bond donors (Lipinski definition) is 2. The number of amides is 1. The van der Waals surface area contributed by atoms with Crippen molar-refractivity contribution in [3.05, 3.63) is 0 Å². The smallest absolute Gasteiger partial charge is 0.326 e. The number of hydrogen-bond acceptors (Lipinski definition) is 4. The normalized spacial score (nSPS) is 16.3. The van der Waals surface area contributed by atoms with E-state index in [9.17, 15) is 14.4 Å². The molecule has 0 heterocycles. The molecule has 0 aliphatic heterocycles. The van der Waals surface area contributed by atoms with E-state index in [1.165, 1.54) is 7.11 Å². The minimum atomic E-state index is -1.13. The summed E-state index contributed by atoms with van der Waals surface area (Å²) in [5, 5.41) is 11.3. The lowest BCUT2D eigenvalue weighted by molar-refractivity contribution is -0.144. The van der Waals surface area contributed by atoms with Crippen molar-refractivity contribution in [2.45, 2.75) is 31.7 Å². The van der Waals surface area contributed by atoms with Crippen LogP contribution >= 0.6 is 0 Å². The van der Waals surface area contributed by atoms with Crippen LogP contribution in [0.1, 0.15) is 25.7 Å². The summed E-state index contributed by atoms with van der Waals surface area (Å²) < 4.78 is 4.40. The van der Waals surface area contributed by atoms with Gasteiger partial charge in [-0.2, -0.15) is 0 Å². The Kier molecular flexibility index (Phi) is 4.28. The third kappa shape index (κ3) is 3.88. The molecule has 6 nitrogen and oxygen atoms in total. The first kappa shape index (κ1) is 12.5. The molecule has 1 aliphatic rings. The van der Waals surface area contributed by atoms with Gasteiger partial charge in [0.25, 0.3) is 0 Å². The average Bonchev–Trinajstić information content (AvgIpc) is 3.06. The Hall–Kier alpha value is -1.59. The molecule has 0 saturated heterocycles. The second-order valence-corrected chi connectivity index (χ2v) is 3.79. The van der Waals surface area contributed by atoms with Gasteiger partial charge in [-0.05, 0) is 19.3 Å². The van der Waals surface area contributed by atoms with Crippen LogP contribution in [0.5, 0.6) is 0 Å². The number of aliphatic carboxylic acids is 1. The number of rotatable bonds is 6. The second-order valence-electron chi connectivity index (χ2n) is 3.79. The van der Waals surface area contributed by atoms with E-state index in [1.807, 2.05) is 0 Å². The van der Waals surface area contributed by atoms with Crippen LogP contribution in [0.4, 0.5) is 0 Å². The van der Waals surface area contributed by atoms with E-state index < -0.39 is 18.0 Å². The predicted molar refractivity (Wildman–Crippen MR) is 53.5 cm³/mol. The maximum Gasteiger partial charge on any atom is 0.326 e. The van der Waals surface area contributed by atoms with Gasteiger partial charge in [0.1, 0.15) is 6.04 Å². The number of nitrogens with one attached hydrogen (secondary N) is 1. The lowest BCUT2D eigenvalue weighted by Gasteiger charge is -2.13. The third-order valence-corrected chi connectivity index (χ3v) is 2.43. The molecule has 0 bridgehead atoms. The molecule has 0 aromatic carbocycles. The van der Waals surface area contributed by atoms with E-state index in [-0.39, 0.29) is 24.7 Å². The Morgan fingerprint density at radius 3 is 2.50 bits per heavy atom. The molecule has 2 N–H and O–H groups in total. The van der Waals surface area contributed by atoms with Crippen molar-refractivity contribution >= 4 is 17.8 Å². The van der Waals surface area contributed by atoms with Crippen LogP contribution in [0, 0.1) is 5.92 Å². The summed E-state index contributed by atoms with van der Waals surface area (Å²) in [5.74, 6) is -1.89. The molecule has 6 heteroatoms. The molecule has 1 atom stereocenters. The molecule has 1 fully saturated rings. The average molecular weight is 229 g/mol. The summed E-state index contributed by atoms with van der Waals surface area (Å²) in [7, 11) is 1.24. The van der Waals surface area contributed by atoms with E-state index in [4.69, 9.17) is 5.11 Å². The molecule has 1 amide bonds. The number of carboxylic acid groups (broad SMARTS) is 1. The summed E-state index contributed by atoms with van der Waals surface area (Å²) >= 11 is 0. The Labute approximate surface area is 93.0 Å². The lowest BCUT2D eigenvalue weighted by atomic mass is 10.1. The molecule has 0 radical (unpaired) electrons. The van der Waals surface area contributed by atoms with Gasteiger partial charge >= 0.3 is 11.9 Å². The molecular weight excluding hydrogens is 214 g/mol. The van der Waals surface area contributed by atoms with E-state index in [2.05, 4.69) is 10.1 Å². The maximum absolute atomic E-state index is 11.3. The summed E-state index contributed by atoms with van der Waals surface area (Å²) in [6.07, 6.45) is 1.67. The highest BCUT2D eigenvalue weighted by atomic mass is 16.5. The van der Waals surface area contributed by atoms with Crippen molar-refractivity contribution in [1.82, 2.24) is 5.32 Å². The van der Waals surface area contributed by atoms with Gasteiger partial charge in [0, 0.05) is 12.3 Å². The molecule has 0 spiro atoms. The van der Waals surface area contributed by atoms with Crippen LogP contribution in [0.25, 0.3) is 0 Å². The first-order valence-electron chi connectivity index (χ1n) is 5.14. The quantitative estimate of drug-likeness (QED) is 0.621. The van der Waals surface area contributed by atoms with E-state index in [0.717, 1.165) is 12.8 Å². The lowest BCUT2D eigenvalue weighted by Crippen LogP contribution is -2.41. The zero-order valence-electron chi connectivity index (χ0n) is 9.06. The van der Waals surface area contributed by atoms with Crippen LogP contribution in [0.3, 0.4) is 0 Å². The zero-order chi connectivity index (χ0) is 12.1. The fourth-order valence-electron chi connectivity index (χ4n) is 1.26. The molecule has 1 saturated carbocycles. The van der Waals surface area contributed by atoms with Crippen LogP contribution in [-0.4, -0.2) is 36.1 Å². The largest absolute Gasteiger partial charge is 0.480 e. The Bertz CT molecular complexity index is 298. The van der Waals surface area contributed by atoms with Gasteiger partial charge in [0.2, 0.25) is 5.91 Å². The maximum atomic E-state index is 11.3. The van der Waals surface area contributed by atoms with E-state index in [0.29, 0.717) is 0 Å². The van der Waals surface area contributed by atoms with Crippen molar-refractivity contribution < 1.29 is 24.2 Å². The Morgan fingerprint density at radius 2 is 2.06 bits per heavy atom. The van der Waals surface area contributed by atoms with Gasteiger partial charge in [-0.1, -0.05) is 0 Å². The molecule has 1 rings (SSSR count). The van der Waals surface area contributed by atoms with Gasteiger partial charge < -0.3 is 15.2 Å². The van der Waals surface area contributed by atoms with Crippen molar-refractivity contribution in [3.8, 4) is 0 Å². The zero-order valence-corrected chi connectivity index (χ0v) is 9.06. The first-order chi connectivity index (χ1) is 7.54. The number of methoxy groups -OCH3 is 1. The van der Waals surface area contributed by atoms with Gasteiger partial charge in [-0.15, -0.1) is 0 Å². The topological polar surface area (TPSA) is 92.7 Å².